The number of aliphatic hydroxyl groups is 3. The van der Waals surface area contributed by atoms with Gasteiger partial charge in [0.05, 0.1) is 11.6 Å². The molecule has 12 heteroatoms. The van der Waals surface area contributed by atoms with Crippen LogP contribution in [0.15, 0.2) is 28.7 Å². The number of amides is 1. The molecule has 0 fully saturated rings. The van der Waals surface area contributed by atoms with Crippen LogP contribution in [-0.4, -0.2) is 93.7 Å². The van der Waals surface area contributed by atoms with Crippen LogP contribution in [0, 0.1) is 11.8 Å². The van der Waals surface area contributed by atoms with Gasteiger partial charge in [0.2, 0.25) is 5.78 Å². The van der Waals surface area contributed by atoms with Crippen LogP contribution in [0.5, 0.6) is 5.75 Å². The van der Waals surface area contributed by atoms with Crippen molar-refractivity contribution < 1.29 is 44.7 Å². The molecule has 192 valence electrons. The number of likely N-dealkylation sites (N-methyl/N-ethyl adjacent to an activating group) is 1. The van der Waals surface area contributed by atoms with Crippen molar-refractivity contribution in [3.8, 4) is 5.75 Å². The SMILES string of the molecule is CN(C)c1cc(C(=O)O)c(O)c2c1C[C@H]1C[C@H]3[C@H](N(C)C)C(O)=C(C(N)=O)C(=O)[C@@]3(O)C(O)=C1C2=O. The Hall–Kier alpha value is -3.90. The van der Waals surface area contributed by atoms with Gasteiger partial charge in [-0.15, -0.1) is 0 Å². The molecular formula is C24H27N3O9. The van der Waals surface area contributed by atoms with Crippen LogP contribution >= 0.6 is 0 Å². The van der Waals surface area contributed by atoms with Gasteiger partial charge in [0.15, 0.2) is 11.4 Å². The van der Waals surface area contributed by atoms with E-state index in [4.69, 9.17) is 5.73 Å². The number of hydrogen-bond acceptors (Lipinski definition) is 10. The summed E-state index contributed by atoms with van der Waals surface area (Å²) in [4.78, 5) is 53.8. The predicted molar refractivity (Wildman–Crippen MR) is 125 cm³/mol. The number of nitrogens with zero attached hydrogens (tertiary/aromatic N) is 2. The van der Waals surface area contributed by atoms with E-state index >= 15 is 0 Å². The van der Waals surface area contributed by atoms with Crippen LogP contribution in [0.4, 0.5) is 5.69 Å². The van der Waals surface area contributed by atoms with Crippen molar-refractivity contribution in [3.63, 3.8) is 0 Å². The van der Waals surface area contributed by atoms with Crippen molar-refractivity contribution in [2.75, 3.05) is 33.1 Å². The number of phenols is 1. The summed E-state index contributed by atoms with van der Waals surface area (Å²) in [6, 6.07) is 0.157. The van der Waals surface area contributed by atoms with E-state index in [1.807, 2.05) is 0 Å². The van der Waals surface area contributed by atoms with Crippen LogP contribution in [0.3, 0.4) is 0 Å². The zero-order valence-electron chi connectivity index (χ0n) is 20.1. The van der Waals surface area contributed by atoms with Crippen molar-refractivity contribution in [2.45, 2.75) is 24.5 Å². The Morgan fingerprint density at radius 3 is 2.22 bits per heavy atom. The average Bonchev–Trinajstić information content (AvgIpc) is 2.75. The number of rotatable bonds is 4. The Kier molecular flexibility index (Phi) is 5.65. The number of hydrogen-bond donors (Lipinski definition) is 6. The molecule has 4 atom stereocenters. The van der Waals surface area contributed by atoms with Gasteiger partial charge in [-0.1, -0.05) is 0 Å². The first kappa shape index (κ1) is 25.2. The number of aliphatic hydroxyl groups excluding tert-OH is 2. The topological polar surface area (TPSA) is 202 Å². The molecule has 0 saturated heterocycles. The standard InChI is InChI=1S/C24H27N3O9/c1-26(2)12-7-10(23(34)35)17(28)14-9(12)5-8-6-11-16(27(3)4)19(30)15(22(25)33)21(32)24(11,36)20(31)13(8)18(14)29/h7-8,11,16,28,30-31,36H,5-6H2,1-4H3,(H2,25,33)(H,34,35)/t8-,11-,16-,24-/m0/s1. The number of benzene rings is 1. The van der Waals surface area contributed by atoms with Crippen molar-refractivity contribution in [1.82, 2.24) is 4.90 Å². The number of aromatic carboxylic acids is 1. The summed E-state index contributed by atoms with van der Waals surface area (Å²) in [7, 11) is 6.37. The molecule has 7 N–H and O–H groups in total. The minimum absolute atomic E-state index is 0.0555. The summed E-state index contributed by atoms with van der Waals surface area (Å²) < 4.78 is 0. The first-order valence-electron chi connectivity index (χ1n) is 11.1. The zero-order chi connectivity index (χ0) is 27.0. The van der Waals surface area contributed by atoms with Gasteiger partial charge >= 0.3 is 5.97 Å². The van der Waals surface area contributed by atoms with Gasteiger partial charge in [0.1, 0.15) is 28.4 Å². The van der Waals surface area contributed by atoms with Crippen molar-refractivity contribution in [3.05, 3.63) is 45.4 Å². The number of ketones is 2. The molecule has 12 nitrogen and oxygen atoms in total. The number of Topliss-reactive ketones (excluding diaryl/α,β-unsaturated/α-hetero) is 2. The molecule has 0 spiro atoms. The number of anilines is 1. The number of aromatic hydroxyl groups is 1. The first-order valence-corrected chi connectivity index (χ1v) is 11.1. The molecule has 0 aromatic heterocycles. The highest BCUT2D eigenvalue weighted by atomic mass is 16.4. The van der Waals surface area contributed by atoms with Crippen LogP contribution < -0.4 is 10.6 Å². The summed E-state index contributed by atoms with van der Waals surface area (Å²) in [6.07, 6.45) is 0.00951. The fourth-order valence-corrected chi connectivity index (χ4v) is 5.86. The number of allylic oxidation sites excluding steroid dienone is 1. The average molecular weight is 501 g/mol. The zero-order valence-corrected chi connectivity index (χ0v) is 20.1. The predicted octanol–water partition coefficient (Wildman–Crippen LogP) is -0.115. The number of carboxylic acid groups (broad SMARTS) is 1. The molecule has 1 aromatic carbocycles. The number of carbonyl (C=O) groups is 4. The quantitative estimate of drug-likeness (QED) is 0.300. The van der Waals surface area contributed by atoms with Crippen molar-refractivity contribution in [1.29, 1.82) is 0 Å². The second-order valence-corrected chi connectivity index (χ2v) is 9.81. The second-order valence-electron chi connectivity index (χ2n) is 9.81. The molecule has 3 aliphatic rings. The molecule has 0 heterocycles. The van der Waals surface area contributed by atoms with E-state index in [0.29, 0.717) is 11.3 Å². The van der Waals surface area contributed by atoms with E-state index in [-0.39, 0.29) is 24.0 Å². The van der Waals surface area contributed by atoms with Gasteiger partial charge in [0.25, 0.3) is 5.91 Å². The molecule has 0 unspecified atom stereocenters. The third-order valence-corrected chi connectivity index (χ3v) is 7.41. The highest BCUT2D eigenvalue weighted by Crippen LogP contribution is 2.53. The minimum atomic E-state index is -2.76. The minimum Gasteiger partial charge on any atom is -0.510 e. The van der Waals surface area contributed by atoms with E-state index in [0.717, 1.165) is 0 Å². The van der Waals surface area contributed by atoms with E-state index < -0.39 is 75.3 Å². The lowest BCUT2D eigenvalue weighted by Gasteiger charge is -2.50. The van der Waals surface area contributed by atoms with Gasteiger partial charge in [-0.05, 0) is 44.5 Å². The molecule has 1 amide bonds. The lowest BCUT2D eigenvalue weighted by molar-refractivity contribution is -0.148. The number of nitrogens with two attached hydrogens (primary N) is 1. The third-order valence-electron chi connectivity index (χ3n) is 7.41. The normalized spacial score (nSPS) is 27.6. The molecule has 0 aliphatic heterocycles. The maximum atomic E-state index is 13.7. The van der Waals surface area contributed by atoms with Crippen LogP contribution in [0.1, 0.15) is 32.7 Å². The molecule has 0 saturated carbocycles. The third kappa shape index (κ3) is 3.14. The second kappa shape index (κ2) is 8.07. The van der Waals surface area contributed by atoms with Gasteiger partial charge in [-0.2, -0.15) is 0 Å². The monoisotopic (exact) mass is 501 g/mol. The van der Waals surface area contributed by atoms with Crippen molar-refractivity contribution >= 4 is 29.1 Å². The molecular weight excluding hydrogens is 474 g/mol. The Bertz CT molecular complexity index is 1310. The van der Waals surface area contributed by atoms with E-state index in [1.165, 1.54) is 11.0 Å². The van der Waals surface area contributed by atoms with E-state index in [2.05, 4.69) is 0 Å². The number of fused-ring (bicyclic) bond motifs is 3. The van der Waals surface area contributed by atoms with Crippen LogP contribution in [-0.2, 0) is 16.0 Å². The molecule has 4 rings (SSSR count). The Morgan fingerprint density at radius 1 is 1.11 bits per heavy atom. The smallest absolute Gasteiger partial charge is 0.339 e. The fraction of sp³-hybridized carbons (Fsp3) is 0.417. The maximum Gasteiger partial charge on any atom is 0.339 e. The molecule has 36 heavy (non-hydrogen) atoms. The number of carboxylic acids is 1. The largest absolute Gasteiger partial charge is 0.510 e. The summed E-state index contributed by atoms with van der Waals surface area (Å²) in [5.41, 5.74) is 1.15. The van der Waals surface area contributed by atoms with Crippen molar-refractivity contribution in [2.24, 2.45) is 17.6 Å². The number of primary amides is 1. The summed E-state index contributed by atoms with van der Waals surface area (Å²) >= 11 is 0. The maximum absolute atomic E-state index is 13.7. The van der Waals surface area contributed by atoms with E-state index in [9.17, 15) is 44.7 Å². The molecule has 3 aliphatic carbocycles. The molecule has 0 radical (unpaired) electrons. The lowest BCUT2D eigenvalue weighted by Crippen LogP contribution is -2.63. The van der Waals surface area contributed by atoms with E-state index in [1.54, 1.807) is 33.1 Å². The fourth-order valence-electron chi connectivity index (χ4n) is 5.86. The van der Waals surface area contributed by atoms with Crippen LogP contribution in [0.25, 0.3) is 0 Å². The Morgan fingerprint density at radius 2 is 1.72 bits per heavy atom. The highest BCUT2D eigenvalue weighted by Gasteiger charge is 2.63. The Labute approximate surface area is 205 Å². The highest BCUT2D eigenvalue weighted by molar-refractivity contribution is 6.25. The Balaban J connectivity index is 2.01. The molecule has 1 aromatic rings. The molecule has 0 bridgehead atoms. The van der Waals surface area contributed by atoms with Gasteiger partial charge < -0.3 is 36.2 Å². The van der Waals surface area contributed by atoms with Gasteiger partial charge in [0, 0.05) is 31.3 Å². The number of carbonyl (C=O) groups excluding carboxylic acids is 3. The van der Waals surface area contributed by atoms with Gasteiger partial charge in [-0.25, -0.2) is 4.79 Å². The lowest BCUT2D eigenvalue weighted by atomic mass is 9.58. The summed E-state index contributed by atoms with van der Waals surface area (Å²) in [5.74, 6) is -9.40. The first-order chi connectivity index (χ1) is 16.7. The van der Waals surface area contributed by atoms with Crippen LogP contribution in [0.2, 0.25) is 0 Å². The summed E-state index contributed by atoms with van der Waals surface area (Å²) in [6.45, 7) is 0. The summed E-state index contributed by atoms with van der Waals surface area (Å²) in [5, 5.41) is 53.9. The van der Waals surface area contributed by atoms with Gasteiger partial charge in [-0.3, -0.25) is 19.3 Å².